The van der Waals surface area contributed by atoms with Gasteiger partial charge in [-0.15, -0.1) is 12.4 Å². The molecule has 3 aliphatic rings. The standard InChI is InChI=1S/C23H23N5O5.ClH/c24-21-16-4-2-14(9-13(16)11-25-21)26-22(31)19(30)20-23(32)28(7-8-33-20)15-3-5-17-12(10-15)1-6-18(29)27-17;/h2-5,9-10,19-20,30H,1,6-8,11H2,(H2,24,25)(H,26,31)(H,27,29);1H/t19-,20-;/m1./s1. The van der Waals surface area contributed by atoms with E-state index in [2.05, 4.69) is 15.6 Å². The van der Waals surface area contributed by atoms with Crippen molar-refractivity contribution in [2.75, 3.05) is 28.7 Å². The number of carbonyl (C=O) groups excluding carboxylic acids is 3. The average molecular weight is 486 g/mol. The predicted molar refractivity (Wildman–Crippen MR) is 128 cm³/mol. The Bertz CT molecular complexity index is 1200. The van der Waals surface area contributed by atoms with Crippen LogP contribution in [0.1, 0.15) is 23.1 Å². The number of benzene rings is 2. The molecule has 0 radical (unpaired) electrons. The van der Waals surface area contributed by atoms with Crippen LogP contribution in [0.4, 0.5) is 17.1 Å². The Morgan fingerprint density at radius 3 is 2.85 bits per heavy atom. The van der Waals surface area contributed by atoms with Gasteiger partial charge in [0.1, 0.15) is 5.84 Å². The van der Waals surface area contributed by atoms with E-state index in [9.17, 15) is 19.5 Å². The zero-order valence-corrected chi connectivity index (χ0v) is 18.9. The summed E-state index contributed by atoms with van der Waals surface area (Å²) in [5, 5.41) is 16.1. The molecule has 0 bridgehead atoms. The Labute approximate surface area is 201 Å². The van der Waals surface area contributed by atoms with Crippen LogP contribution in [-0.4, -0.2) is 54.0 Å². The first-order valence-corrected chi connectivity index (χ1v) is 10.7. The van der Waals surface area contributed by atoms with Gasteiger partial charge in [0, 0.05) is 35.6 Å². The Kier molecular flexibility index (Phi) is 6.56. The molecule has 0 saturated carbocycles. The highest BCUT2D eigenvalue weighted by molar-refractivity contribution is 6.05. The van der Waals surface area contributed by atoms with Crippen LogP contribution in [0.15, 0.2) is 41.4 Å². The number of amidine groups is 1. The molecular formula is C23H24ClN5O5. The summed E-state index contributed by atoms with van der Waals surface area (Å²) in [6, 6.07) is 10.5. The molecule has 1 fully saturated rings. The molecule has 5 rings (SSSR count). The third-order valence-electron chi connectivity index (χ3n) is 6.04. The molecule has 3 heterocycles. The van der Waals surface area contributed by atoms with Crippen molar-refractivity contribution in [3.63, 3.8) is 0 Å². The van der Waals surface area contributed by atoms with Crippen molar-refractivity contribution in [3.8, 4) is 0 Å². The van der Waals surface area contributed by atoms with Crippen molar-refractivity contribution in [2.24, 2.45) is 10.7 Å². The number of aliphatic imine (C=N–C) groups is 1. The molecule has 10 nitrogen and oxygen atoms in total. The Morgan fingerprint density at radius 2 is 2.03 bits per heavy atom. The van der Waals surface area contributed by atoms with Gasteiger partial charge in [0.05, 0.1) is 13.2 Å². The summed E-state index contributed by atoms with van der Waals surface area (Å²) in [4.78, 5) is 43.0. The lowest BCUT2D eigenvalue weighted by Gasteiger charge is -2.34. The minimum Gasteiger partial charge on any atom is -0.383 e. The molecule has 0 aliphatic carbocycles. The minimum absolute atomic E-state index is 0. The van der Waals surface area contributed by atoms with Gasteiger partial charge in [-0.2, -0.15) is 0 Å². The van der Waals surface area contributed by atoms with Gasteiger partial charge in [-0.3, -0.25) is 19.4 Å². The fourth-order valence-electron chi connectivity index (χ4n) is 4.29. The van der Waals surface area contributed by atoms with Crippen LogP contribution in [0.3, 0.4) is 0 Å². The molecule has 3 aliphatic heterocycles. The number of halogens is 1. The van der Waals surface area contributed by atoms with Crippen molar-refractivity contribution in [3.05, 3.63) is 53.1 Å². The number of hydrogen-bond donors (Lipinski definition) is 4. The first-order chi connectivity index (χ1) is 15.9. The number of hydrogen-bond acceptors (Lipinski definition) is 7. The summed E-state index contributed by atoms with van der Waals surface area (Å²) >= 11 is 0. The molecule has 1 saturated heterocycles. The Morgan fingerprint density at radius 1 is 1.21 bits per heavy atom. The van der Waals surface area contributed by atoms with Crippen molar-refractivity contribution < 1.29 is 24.2 Å². The molecule has 0 aromatic heterocycles. The van der Waals surface area contributed by atoms with Crippen molar-refractivity contribution in [1.82, 2.24) is 0 Å². The number of anilines is 3. The quantitative estimate of drug-likeness (QED) is 0.507. The lowest BCUT2D eigenvalue weighted by molar-refractivity contribution is -0.150. The van der Waals surface area contributed by atoms with Gasteiger partial charge in [-0.25, -0.2) is 0 Å². The number of nitrogens with one attached hydrogen (secondary N) is 2. The monoisotopic (exact) mass is 485 g/mol. The molecule has 2 aromatic carbocycles. The minimum atomic E-state index is -1.69. The normalized spacial score (nSPS) is 19.9. The highest BCUT2D eigenvalue weighted by Gasteiger charge is 2.39. The molecule has 34 heavy (non-hydrogen) atoms. The van der Waals surface area contributed by atoms with E-state index < -0.39 is 24.0 Å². The van der Waals surface area contributed by atoms with E-state index in [0.717, 1.165) is 22.4 Å². The fraction of sp³-hybridized carbons (Fsp3) is 0.304. The number of aliphatic hydroxyl groups is 1. The van der Waals surface area contributed by atoms with Crippen molar-refractivity contribution in [2.45, 2.75) is 31.6 Å². The van der Waals surface area contributed by atoms with Gasteiger partial charge in [0.15, 0.2) is 12.2 Å². The maximum Gasteiger partial charge on any atom is 0.259 e. The van der Waals surface area contributed by atoms with Crippen LogP contribution < -0.4 is 21.3 Å². The molecule has 2 aromatic rings. The molecule has 5 N–H and O–H groups in total. The van der Waals surface area contributed by atoms with Gasteiger partial charge in [-0.1, -0.05) is 0 Å². The highest BCUT2D eigenvalue weighted by atomic mass is 35.5. The molecule has 0 unspecified atom stereocenters. The molecule has 2 atom stereocenters. The first-order valence-electron chi connectivity index (χ1n) is 10.7. The molecule has 3 amide bonds. The second kappa shape index (κ2) is 9.41. The van der Waals surface area contributed by atoms with Crippen LogP contribution in [0.25, 0.3) is 0 Å². The summed E-state index contributed by atoms with van der Waals surface area (Å²) < 4.78 is 5.48. The van der Waals surface area contributed by atoms with E-state index in [0.29, 0.717) is 43.1 Å². The summed E-state index contributed by atoms with van der Waals surface area (Å²) in [5.74, 6) is -0.825. The third-order valence-corrected chi connectivity index (χ3v) is 6.04. The van der Waals surface area contributed by atoms with Gasteiger partial charge < -0.3 is 31.1 Å². The number of morpholine rings is 1. The maximum absolute atomic E-state index is 13.1. The summed E-state index contributed by atoms with van der Waals surface area (Å²) in [7, 11) is 0. The molecule has 11 heteroatoms. The maximum atomic E-state index is 13.1. The zero-order valence-electron chi connectivity index (χ0n) is 18.1. The third kappa shape index (κ3) is 4.35. The topological polar surface area (TPSA) is 146 Å². The van der Waals surface area contributed by atoms with E-state index in [-0.39, 0.29) is 24.9 Å². The largest absolute Gasteiger partial charge is 0.383 e. The predicted octanol–water partition coefficient (Wildman–Crippen LogP) is 0.943. The fourth-order valence-corrected chi connectivity index (χ4v) is 4.29. The summed E-state index contributed by atoms with van der Waals surface area (Å²) in [6.45, 7) is 0.891. The number of fused-ring (bicyclic) bond motifs is 2. The van der Waals surface area contributed by atoms with Crippen LogP contribution >= 0.6 is 12.4 Å². The lowest BCUT2D eigenvalue weighted by atomic mass is 10.0. The van der Waals surface area contributed by atoms with Crippen LogP contribution in [0, 0.1) is 0 Å². The number of rotatable bonds is 4. The Balaban J connectivity index is 0.00000274. The van der Waals surface area contributed by atoms with Gasteiger partial charge >= 0.3 is 0 Å². The number of aliphatic hydroxyl groups excluding tert-OH is 1. The van der Waals surface area contributed by atoms with Crippen LogP contribution in [0.2, 0.25) is 0 Å². The molecule has 178 valence electrons. The van der Waals surface area contributed by atoms with Crippen molar-refractivity contribution in [1.29, 1.82) is 0 Å². The average Bonchev–Trinajstić information content (AvgIpc) is 3.18. The van der Waals surface area contributed by atoms with E-state index in [4.69, 9.17) is 10.5 Å². The van der Waals surface area contributed by atoms with Crippen molar-refractivity contribution >= 4 is 53.0 Å². The number of nitrogens with two attached hydrogens (primary N) is 1. The first kappa shape index (κ1) is 23.7. The van der Waals surface area contributed by atoms with Gasteiger partial charge in [-0.05, 0) is 53.9 Å². The number of amides is 3. The SMILES string of the molecule is Cl.NC1=NCc2cc(NC(=O)[C@H](O)[C@H]3OCCN(c4ccc5c(c4)CCC(=O)N5)C3=O)ccc21. The van der Waals surface area contributed by atoms with E-state index in [1.54, 1.807) is 30.3 Å². The summed E-state index contributed by atoms with van der Waals surface area (Å²) in [6.07, 6.45) is -2.05. The van der Waals surface area contributed by atoms with Crippen LogP contribution in [-0.2, 0) is 32.1 Å². The number of aryl methyl sites for hydroxylation is 1. The highest BCUT2D eigenvalue weighted by Crippen LogP contribution is 2.29. The van der Waals surface area contributed by atoms with E-state index >= 15 is 0 Å². The molecular weight excluding hydrogens is 462 g/mol. The zero-order chi connectivity index (χ0) is 23.1. The molecule has 0 spiro atoms. The van der Waals surface area contributed by atoms with Crippen LogP contribution in [0.5, 0.6) is 0 Å². The Hall–Kier alpha value is -3.47. The number of carbonyl (C=O) groups is 3. The summed E-state index contributed by atoms with van der Waals surface area (Å²) in [5.41, 5.74) is 10.3. The number of nitrogens with zero attached hydrogens (tertiary/aromatic N) is 2. The lowest BCUT2D eigenvalue weighted by Crippen LogP contribution is -2.55. The van der Waals surface area contributed by atoms with E-state index in [1.807, 2.05) is 6.07 Å². The smallest absolute Gasteiger partial charge is 0.259 e. The number of ether oxygens (including phenoxy) is 1. The van der Waals surface area contributed by atoms with Gasteiger partial charge in [0.25, 0.3) is 11.8 Å². The van der Waals surface area contributed by atoms with E-state index in [1.165, 1.54) is 4.90 Å². The van der Waals surface area contributed by atoms with Gasteiger partial charge in [0.2, 0.25) is 5.91 Å². The second-order valence-corrected chi connectivity index (χ2v) is 8.18. The second-order valence-electron chi connectivity index (χ2n) is 8.18.